The predicted octanol–water partition coefficient (Wildman–Crippen LogP) is 2.11. The summed E-state index contributed by atoms with van der Waals surface area (Å²) in [6, 6.07) is 3.56. The second-order valence-electron chi connectivity index (χ2n) is 6.67. The number of fused-ring (bicyclic) bond motifs is 1. The van der Waals surface area contributed by atoms with E-state index in [1.165, 1.54) is 6.33 Å². The van der Waals surface area contributed by atoms with Crippen LogP contribution in [-0.2, 0) is 9.53 Å². The molecule has 1 amide bonds. The number of likely N-dealkylation sites (tertiary alicyclic amines) is 1. The number of ether oxygens (including phenoxy) is 1. The number of alkyl halides is 2. The Morgan fingerprint density at radius 2 is 2.04 bits per heavy atom. The topological polar surface area (TPSA) is 75.6 Å². The number of amides is 1. The molecule has 0 bridgehead atoms. The average Bonchev–Trinajstić information content (AvgIpc) is 2.65. The summed E-state index contributed by atoms with van der Waals surface area (Å²) < 4.78 is 32.1. The van der Waals surface area contributed by atoms with Crippen LogP contribution in [0.25, 0.3) is 10.9 Å². The van der Waals surface area contributed by atoms with Gasteiger partial charge in [0.05, 0.1) is 12.6 Å². The van der Waals surface area contributed by atoms with E-state index in [1.54, 1.807) is 18.2 Å². The van der Waals surface area contributed by atoms with Gasteiger partial charge in [-0.25, -0.2) is 23.5 Å². The van der Waals surface area contributed by atoms with Gasteiger partial charge in [-0.1, -0.05) is 0 Å². The van der Waals surface area contributed by atoms with Gasteiger partial charge < -0.3 is 14.5 Å². The van der Waals surface area contributed by atoms with Crippen LogP contribution >= 0.6 is 0 Å². The summed E-state index contributed by atoms with van der Waals surface area (Å²) in [4.78, 5) is 36.3. The molecule has 7 nitrogen and oxygen atoms in total. The van der Waals surface area contributed by atoms with E-state index in [1.807, 2.05) is 19.0 Å². The summed E-state index contributed by atoms with van der Waals surface area (Å²) >= 11 is 0. The minimum absolute atomic E-state index is 0.226. The van der Waals surface area contributed by atoms with E-state index in [-0.39, 0.29) is 12.1 Å². The minimum atomic E-state index is -3.01. The van der Waals surface area contributed by atoms with Crippen molar-refractivity contribution in [3.05, 3.63) is 30.1 Å². The highest BCUT2D eigenvalue weighted by molar-refractivity contribution is 6.01. The highest BCUT2D eigenvalue weighted by Gasteiger charge is 2.45. The SMILES string of the molecule is COC(=O)C1CC(F)(F)CCN1C(=O)c1ccc2c(N(C)C)ncnc2c1. The molecule has 3 rings (SSSR count). The van der Waals surface area contributed by atoms with Crippen molar-refractivity contribution >= 4 is 28.6 Å². The fourth-order valence-electron chi connectivity index (χ4n) is 3.22. The first-order valence-corrected chi connectivity index (χ1v) is 8.42. The first-order chi connectivity index (χ1) is 12.7. The summed E-state index contributed by atoms with van der Waals surface area (Å²) in [5, 5.41) is 0.758. The van der Waals surface area contributed by atoms with Gasteiger partial charge in [0.25, 0.3) is 11.8 Å². The zero-order valence-corrected chi connectivity index (χ0v) is 15.3. The number of aromatic nitrogens is 2. The molecule has 144 valence electrons. The van der Waals surface area contributed by atoms with Crippen molar-refractivity contribution in [1.29, 1.82) is 0 Å². The Bertz CT molecular complexity index is 888. The number of methoxy groups -OCH3 is 1. The number of carbonyl (C=O) groups excluding carboxylic acids is 2. The lowest BCUT2D eigenvalue weighted by Crippen LogP contribution is -2.53. The lowest BCUT2D eigenvalue weighted by molar-refractivity contribution is -0.154. The molecule has 0 N–H and O–H groups in total. The third-order valence-electron chi connectivity index (χ3n) is 4.61. The summed E-state index contributed by atoms with van der Waals surface area (Å²) in [6.45, 7) is -0.226. The third-order valence-corrected chi connectivity index (χ3v) is 4.61. The Hall–Kier alpha value is -2.84. The Morgan fingerprint density at radius 1 is 1.30 bits per heavy atom. The van der Waals surface area contributed by atoms with E-state index in [4.69, 9.17) is 0 Å². The molecule has 1 aromatic carbocycles. The molecule has 1 saturated heterocycles. The molecule has 0 radical (unpaired) electrons. The molecule has 0 aliphatic carbocycles. The van der Waals surface area contributed by atoms with Crippen LogP contribution in [0.4, 0.5) is 14.6 Å². The number of nitrogens with zero attached hydrogens (tertiary/aromatic N) is 4. The van der Waals surface area contributed by atoms with E-state index >= 15 is 0 Å². The Morgan fingerprint density at radius 3 is 2.70 bits per heavy atom. The minimum Gasteiger partial charge on any atom is -0.467 e. The molecule has 2 aromatic rings. The average molecular weight is 378 g/mol. The van der Waals surface area contributed by atoms with Crippen LogP contribution in [0.5, 0.6) is 0 Å². The smallest absolute Gasteiger partial charge is 0.328 e. The summed E-state index contributed by atoms with van der Waals surface area (Å²) in [5.74, 6) is -3.66. The second kappa shape index (κ2) is 7.05. The van der Waals surface area contributed by atoms with Crippen molar-refractivity contribution in [1.82, 2.24) is 14.9 Å². The van der Waals surface area contributed by atoms with Gasteiger partial charge in [0.1, 0.15) is 18.2 Å². The summed E-state index contributed by atoms with van der Waals surface area (Å²) in [7, 11) is 4.80. The van der Waals surface area contributed by atoms with Gasteiger partial charge in [-0.2, -0.15) is 0 Å². The zero-order chi connectivity index (χ0) is 19.8. The van der Waals surface area contributed by atoms with E-state index in [9.17, 15) is 18.4 Å². The number of benzene rings is 1. The molecule has 1 aromatic heterocycles. The first kappa shape index (κ1) is 18.9. The fourth-order valence-corrected chi connectivity index (χ4v) is 3.22. The monoisotopic (exact) mass is 378 g/mol. The van der Waals surface area contributed by atoms with Crippen molar-refractivity contribution < 1.29 is 23.1 Å². The van der Waals surface area contributed by atoms with Crippen LogP contribution in [-0.4, -0.2) is 66.5 Å². The van der Waals surface area contributed by atoms with Gasteiger partial charge in [-0.05, 0) is 18.2 Å². The molecule has 1 aliphatic heterocycles. The van der Waals surface area contributed by atoms with Gasteiger partial charge in [-0.3, -0.25) is 4.79 Å². The second-order valence-corrected chi connectivity index (χ2v) is 6.67. The molecule has 1 atom stereocenters. The van der Waals surface area contributed by atoms with Crippen LogP contribution < -0.4 is 4.90 Å². The highest BCUT2D eigenvalue weighted by Crippen LogP contribution is 2.33. The molecule has 0 saturated carbocycles. The molecular weight excluding hydrogens is 358 g/mol. The van der Waals surface area contributed by atoms with Crippen LogP contribution in [0.2, 0.25) is 0 Å². The maximum atomic E-state index is 13.8. The molecule has 27 heavy (non-hydrogen) atoms. The molecule has 1 unspecified atom stereocenters. The van der Waals surface area contributed by atoms with E-state index in [2.05, 4.69) is 14.7 Å². The van der Waals surface area contributed by atoms with Gasteiger partial charge in [-0.15, -0.1) is 0 Å². The van der Waals surface area contributed by atoms with Gasteiger partial charge in [0, 0.05) is 44.4 Å². The summed E-state index contributed by atoms with van der Waals surface area (Å²) in [5.41, 5.74) is 0.821. The first-order valence-electron chi connectivity index (χ1n) is 8.42. The number of anilines is 1. The standard InChI is InChI=1S/C18H20F2N4O3/c1-23(2)15-12-5-4-11(8-13(12)21-10-22-15)16(25)24-7-6-18(19,20)9-14(24)17(26)27-3/h4-5,8,10,14H,6-7,9H2,1-3H3. The van der Waals surface area contributed by atoms with Crippen LogP contribution in [0.15, 0.2) is 24.5 Å². The quantitative estimate of drug-likeness (QED) is 0.762. The lowest BCUT2D eigenvalue weighted by Gasteiger charge is -2.37. The van der Waals surface area contributed by atoms with Crippen molar-refractivity contribution in [3.63, 3.8) is 0 Å². The Balaban J connectivity index is 1.95. The third kappa shape index (κ3) is 3.67. The highest BCUT2D eigenvalue weighted by atomic mass is 19.3. The summed E-state index contributed by atoms with van der Waals surface area (Å²) in [6.07, 6.45) is 0.156. The van der Waals surface area contributed by atoms with Gasteiger partial charge in [0.2, 0.25) is 0 Å². The number of hydrogen-bond donors (Lipinski definition) is 0. The fraction of sp³-hybridized carbons (Fsp3) is 0.444. The van der Waals surface area contributed by atoms with E-state index in [0.717, 1.165) is 17.4 Å². The van der Waals surface area contributed by atoms with Crippen LogP contribution in [0.1, 0.15) is 23.2 Å². The van der Waals surface area contributed by atoms with Crippen molar-refractivity contribution in [3.8, 4) is 0 Å². The number of rotatable bonds is 3. The van der Waals surface area contributed by atoms with E-state index in [0.29, 0.717) is 11.3 Å². The normalized spacial score (nSPS) is 19.0. The molecule has 0 spiro atoms. The maximum Gasteiger partial charge on any atom is 0.328 e. The molecule has 9 heteroatoms. The number of esters is 1. The molecule has 1 fully saturated rings. The number of piperidine rings is 1. The van der Waals surface area contributed by atoms with Crippen LogP contribution in [0, 0.1) is 0 Å². The van der Waals surface area contributed by atoms with Crippen molar-refractivity contribution in [2.24, 2.45) is 0 Å². The van der Waals surface area contributed by atoms with Crippen molar-refractivity contribution in [2.75, 3.05) is 32.6 Å². The van der Waals surface area contributed by atoms with Crippen LogP contribution in [0.3, 0.4) is 0 Å². The van der Waals surface area contributed by atoms with Crippen molar-refractivity contribution in [2.45, 2.75) is 24.8 Å². The molecule has 1 aliphatic rings. The van der Waals surface area contributed by atoms with Gasteiger partial charge in [0.15, 0.2) is 0 Å². The Kier molecular flexibility index (Phi) is 4.95. The lowest BCUT2D eigenvalue weighted by atomic mass is 9.97. The van der Waals surface area contributed by atoms with E-state index < -0.39 is 36.7 Å². The zero-order valence-electron chi connectivity index (χ0n) is 15.3. The molecule has 2 heterocycles. The molecular formula is C18H20F2N4O3. The maximum absolute atomic E-state index is 13.8. The predicted molar refractivity (Wildman–Crippen MR) is 94.9 cm³/mol. The Labute approximate surface area is 154 Å². The largest absolute Gasteiger partial charge is 0.467 e. The number of carbonyl (C=O) groups is 2. The number of hydrogen-bond acceptors (Lipinski definition) is 6. The number of halogens is 2. The van der Waals surface area contributed by atoms with Gasteiger partial charge >= 0.3 is 5.97 Å².